The summed E-state index contributed by atoms with van der Waals surface area (Å²) in [5.74, 6) is -1.85. The van der Waals surface area contributed by atoms with Crippen molar-refractivity contribution in [3.05, 3.63) is 47.9 Å². The zero-order valence-corrected chi connectivity index (χ0v) is 14.3. The molecule has 2 rings (SSSR count). The Morgan fingerprint density at radius 3 is 2.54 bits per heavy atom. The molecule has 0 fully saturated rings. The van der Waals surface area contributed by atoms with E-state index in [0.29, 0.717) is 12.2 Å². The van der Waals surface area contributed by atoms with Crippen LogP contribution in [0.3, 0.4) is 0 Å². The lowest BCUT2D eigenvalue weighted by molar-refractivity contribution is -0.184. The van der Waals surface area contributed by atoms with E-state index in [1.54, 1.807) is 37.3 Å². The highest BCUT2D eigenvalue weighted by Gasteiger charge is 2.38. The van der Waals surface area contributed by atoms with Crippen LogP contribution in [0, 0.1) is 0 Å². The molecular weight excluding hydrogens is 351 g/mol. The molecule has 1 amide bonds. The lowest BCUT2D eigenvalue weighted by Crippen LogP contribution is -2.29. The maximum absolute atomic E-state index is 12.5. The molecule has 0 radical (unpaired) electrons. The van der Waals surface area contributed by atoms with Crippen LogP contribution >= 0.6 is 0 Å². The van der Waals surface area contributed by atoms with Gasteiger partial charge < -0.3 is 4.52 Å². The van der Waals surface area contributed by atoms with Crippen LogP contribution in [0.25, 0.3) is 11.4 Å². The molecule has 0 aliphatic rings. The second-order valence-corrected chi connectivity index (χ2v) is 5.33. The molecule has 1 heterocycles. The zero-order chi connectivity index (χ0) is 19.2. The molecule has 0 saturated heterocycles. The SMILES string of the molecule is CC=CC(=O)N(Cc1ccc(-c2noc(C(F)(F)F)n2)cc1)OCCC. The third-order valence-electron chi connectivity index (χ3n) is 3.21. The summed E-state index contributed by atoms with van der Waals surface area (Å²) >= 11 is 0. The van der Waals surface area contributed by atoms with Crippen LogP contribution in [0.15, 0.2) is 40.9 Å². The van der Waals surface area contributed by atoms with Crippen molar-refractivity contribution in [3.8, 4) is 11.4 Å². The van der Waals surface area contributed by atoms with Gasteiger partial charge in [0.15, 0.2) is 0 Å². The first-order valence-corrected chi connectivity index (χ1v) is 7.92. The molecule has 26 heavy (non-hydrogen) atoms. The number of aromatic nitrogens is 2. The molecule has 140 valence electrons. The lowest BCUT2D eigenvalue weighted by Gasteiger charge is -2.20. The minimum absolute atomic E-state index is 0.159. The van der Waals surface area contributed by atoms with Gasteiger partial charge in [-0.3, -0.25) is 9.63 Å². The number of halogens is 3. The predicted molar refractivity (Wildman–Crippen MR) is 86.3 cm³/mol. The van der Waals surface area contributed by atoms with Crippen molar-refractivity contribution in [2.75, 3.05) is 6.61 Å². The number of hydrogen-bond donors (Lipinski definition) is 0. The zero-order valence-electron chi connectivity index (χ0n) is 14.3. The van der Waals surface area contributed by atoms with Crippen LogP contribution < -0.4 is 0 Å². The van der Waals surface area contributed by atoms with Crippen LogP contribution in [-0.2, 0) is 22.4 Å². The van der Waals surface area contributed by atoms with Gasteiger partial charge in [-0.1, -0.05) is 42.4 Å². The number of allylic oxidation sites excluding steroid dienone is 1. The number of hydrogen-bond acceptors (Lipinski definition) is 5. The summed E-state index contributed by atoms with van der Waals surface area (Å²) in [5.41, 5.74) is 1.11. The Kier molecular flexibility index (Phi) is 6.51. The Bertz CT molecular complexity index is 755. The monoisotopic (exact) mass is 369 g/mol. The Balaban J connectivity index is 2.12. The number of hydroxylamine groups is 2. The van der Waals surface area contributed by atoms with Crippen molar-refractivity contribution in [3.63, 3.8) is 0 Å². The molecule has 9 heteroatoms. The minimum atomic E-state index is -4.69. The Hall–Kier alpha value is -2.68. The molecule has 0 atom stereocenters. The highest BCUT2D eigenvalue weighted by molar-refractivity contribution is 5.86. The standard InChI is InChI=1S/C17H18F3N3O3/c1-3-5-14(24)23(25-10-4-2)11-12-6-8-13(9-7-12)15-21-16(26-22-15)17(18,19)20/h3,5-9H,4,10-11H2,1-2H3. The highest BCUT2D eigenvalue weighted by Crippen LogP contribution is 2.29. The van der Waals surface area contributed by atoms with Gasteiger partial charge in [-0.2, -0.15) is 18.2 Å². The van der Waals surface area contributed by atoms with E-state index in [-0.39, 0.29) is 18.3 Å². The van der Waals surface area contributed by atoms with Crippen molar-refractivity contribution in [1.29, 1.82) is 0 Å². The van der Waals surface area contributed by atoms with Gasteiger partial charge in [-0.25, -0.2) is 5.06 Å². The van der Waals surface area contributed by atoms with Crippen LogP contribution in [0.4, 0.5) is 13.2 Å². The van der Waals surface area contributed by atoms with Gasteiger partial charge in [-0.15, -0.1) is 0 Å². The van der Waals surface area contributed by atoms with Crippen LogP contribution in [0.1, 0.15) is 31.7 Å². The maximum atomic E-state index is 12.5. The van der Waals surface area contributed by atoms with Gasteiger partial charge in [0.1, 0.15) is 0 Å². The summed E-state index contributed by atoms with van der Waals surface area (Å²) in [4.78, 5) is 20.8. The van der Waals surface area contributed by atoms with Crippen LogP contribution in [0.5, 0.6) is 0 Å². The first-order valence-electron chi connectivity index (χ1n) is 7.92. The van der Waals surface area contributed by atoms with Gasteiger partial charge in [0.05, 0.1) is 13.2 Å². The van der Waals surface area contributed by atoms with Crippen molar-refractivity contribution < 1.29 is 27.3 Å². The van der Waals surface area contributed by atoms with Crippen molar-refractivity contribution in [1.82, 2.24) is 15.2 Å². The first-order chi connectivity index (χ1) is 12.3. The average Bonchev–Trinajstić information content (AvgIpc) is 3.10. The second kappa shape index (κ2) is 8.61. The summed E-state index contributed by atoms with van der Waals surface area (Å²) in [6.45, 7) is 4.24. The predicted octanol–water partition coefficient (Wildman–Crippen LogP) is 4.00. The molecule has 6 nitrogen and oxygen atoms in total. The molecule has 0 aliphatic carbocycles. The third kappa shape index (κ3) is 5.16. The summed E-state index contributed by atoms with van der Waals surface area (Å²) < 4.78 is 41.7. The summed E-state index contributed by atoms with van der Waals surface area (Å²) in [6.07, 6.45) is -0.933. The second-order valence-electron chi connectivity index (χ2n) is 5.33. The highest BCUT2D eigenvalue weighted by atomic mass is 19.4. The largest absolute Gasteiger partial charge is 0.471 e. The summed E-state index contributed by atoms with van der Waals surface area (Å²) in [6, 6.07) is 6.42. The van der Waals surface area contributed by atoms with Gasteiger partial charge in [0.2, 0.25) is 5.82 Å². The normalized spacial score (nSPS) is 11.9. The first kappa shape index (κ1) is 19.6. The van der Waals surface area contributed by atoms with Crippen LogP contribution in [0.2, 0.25) is 0 Å². The molecule has 0 N–H and O–H groups in total. The Morgan fingerprint density at radius 2 is 2.00 bits per heavy atom. The minimum Gasteiger partial charge on any atom is -0.329 e. The number of amides is 1. The smallest absolute Gasteiger partial charge is 0.329 e. The Labute approximate surface area is 148 Å². The van der Waals surface area contributed by atoms with Gasteiger partial charge in [0, 0.05) is 11.6 Å². The molecule has 0 spiro atoms. The molecule has 0 bridgehead atoms. The van der Waals surface area contributed by atoms with E-state index in [4.69, 9.17) is 4.84 Å². The lowest BCUT2D eigenvalue weighted by atomic mass is 10.1. The fourth-order valence-corrected chi connectivity index (χ4v) is 2.00. The summed E-state index contributed by atoms with van der Waals surface area (Å²) in [5, 5.41) is 4.56. The molecule has 1 aromatic heterocycles. The molecule has 0 saturated carbocycles. The Morgan fingerprint density at radius 1 is 1.31 bits per heavy atom. The average molecular weight is 369 g/mol. The van der Waals surface area contributed by atoms with Crippen LogP contribution in [-0.4, -0.2) is 27.7 Å². The van der Waals surface area contributed by atoms with E-state index in [2.05, 4.69) is 14.7 Å². The van der Waals surface area contributed by atoms with E-state index in [9.17, 15) is 18.0 Å². The van der Waals surface area contributed by atoms with E-state index in [1.807, 2.05) is 6.92 Å². The number of nitrogens with zero attached hydrogens (tertiary/aromatic N) is 3. The van der Waals surface area contributed by atoms with E-state index < -0.39 is 12.1 Å². The summed E-state index contributed by atoms with van der Waals surface area (Å²) in [7, 11) is 0. The van der Waals surface area contributed by atoms with E-state index >= 15 is 0 Å². The molecule has 1 aromatic carbocycles. The number of alkyl halides is 3. The van der Waals surface area contributed by atoms with E-state index in [1.165, 1.54) is 11.1 Å². The van der Waals surface area contributed by atoms with Gasteiger partial charge >= 0.3 is 12.1 Å². The molecular formula is C17H18F3N3O3. The molecule has 0 aliphatic heterocycles. The van der Waals surface area contributed by atoms with Crippen molar-refractivity contribution >= 4 is 5.91 Å². The maximum Gasteiger partial charge on any atom is 0.471 e. The number of carbonyl (C=O) groups excluding carboxylic acids is 1. The topological polar surface area (TPSA) is 68.5 Å². The quantitative estimate of drug-likeness (QED) is 0.545. The van der Waals surface area contributed by atoms with Crippen molar-refractivity contribution in [2.24, 2.45) is 0 Å². The number of benzene rings is 1. The fourth-order valence-electron chi connectivity index (χ4n) is 2.00. The molecule has 0 unspecified atom stereocenters. The van der Waals surface area contributed by atoms with E-state index in [0.717, 1.165) is 12.0 Å². The third-order valence-corrected chi connectivity index (χ3v) is 3.21. The number of carbonyl (C=O) groups is 1. The fraction of sp³-hybridized carbons (Fsp3) is 0.353. The van der Waals surface area contributed by atoms with Crippen molar-refractivity contribution in [2.45, 2.75) is 33.0 Å². The van der Waals surface area contributed by atoms with Gasteiger partial charge in [-0.05, 0) is 18.9 Å². The molecule has 2 aromatic rings. The van der Waals surface area contributed by atoms with Gasteiger partial charge in [0.25, 0.3) is 5.91 Å². The number of rotatable bonds is 7.